The standard InChI is InChI=1S/C18H22Cl2N2O4/c1-5-6-7-26-16-11-8-13(19)14(20)15(23)12(11)9-22(10(2)3)17(16)21(4)18(24)25/h8-10H,5-7H2,1-4H3,(H,24,25). The van der Waals surface area contributed by atoms with E-state index in [9.17, 15) is 14.7 Å². The molecule has 1 amide bonds. The molecule has 2 rings (SSSR count). The third kappa shape index (κ3) is 3.76. The lowest BCUT2D eigenvalue weighted by molar-refractivity contribution is 0.202. The van der Waals surface area contributed by atoms with Crippen molar-refractivity contribution in [2.24, 2.45) is 0 Å². The van der Waals surface area contributed by atoms with Crippen LogP contribution in [0.5, 0.6) is 5.75 Å². The smallest absolute Gasteiger partial charge is 0.412 e. The molecule has 6 nitrogen and oxygen atoms in total. The average Bonchev–Trinajstić information content (AvgIpc) is 2.59. The van der Waals surface area contributed by atoms with Gasteiger partial charge in [-0.15, -0.1) is 0 Å². The minimum atomic E-state index is -1.14. The maximum atomic E-state index is 12.6. The van der Waals surface area contributed by atoms with Crippen molar-refractivity contribution in [1.82, 2.24) is 4.57 Å². The number of anilines is 1. The van der Waals surface area contributed by atoms with Gasteiger partial charge in [0.25, 0.3) is 0 Å². The summed E-state index contributed by atoms with van der Waals surface area (Å²) in [5.74, 6) is 0.652. The number of unbranched alkanes of at least 4 members (excludes halogenated alkanes) is 1. The van der Waals surface area contributed by atoms with E-state index in [0.717, 1.165) is 17.7 Å². The third-order valence-corrected chi connectivity index (χ3v) is 4.85. The average molecular weight is 401 g/mol. The van der Waals surface area contributed by atoms with Gasteiger partial charge in [0, 0.05) is 24.8 Å². The Morgan fingerprint density at radius 1 is 1.35 bits per heavy atom. The van der Waals surface area contributed by atoms with Crippen LogP contribution in [0.15, 0.2) is 17.1 Å². The Morgan fingerprint density at radius 3 is 2.54 bits per heavy atom. The number of pyridine rings is 1. The van der Waals surface area contributed by atoms with Crippen molar-refractivity contribution in [1.29, 1.82) is 0 Å². The lowest BCUT2D eigenvalue weighted by atomic mass is 10.0. The van der Waals surface area contributed by atoms with Gasteiger partial charge in [-0.25, -0.2) is 4.79 Å². The molecule has 142 valence electrons. The van der Waals surface area contributed by atoms with Crippen LogP contribution in [0.2, 0.25) is 10.0 Å². The summed E-state index contributed by atoms with van der Waals surface area (Å²) in [6.45, 7) is 6.20. The Balaban J connectivity index is 2.90. The van der Waals surface area contributed by atoms with E-state index in [1.54, 1.807) is 16.8 Å². The quantitative estimate of drug-likeness (QED) is 0.681. The number of benzene rings is 1. The minimum absolute atomic E-state index is 0.0617. The Bertz CT molecular complexity index is 848. The van der Waals surface area contributed by atoms with Crippen LogP contribution < -0.4 is 15.1 Å². The van der Waals surface area contributed by atoms with Gasteiger partial charge >= 0.3 is 6.09 Å². The Hall–Kier alpha value is -1.92. The molecular formula is C18H22Cl2N2O4. The lowest BCUT2D eigenvalue weighted by Gasteiger charge is -2.28. The molecule has 0 spiro atoms. The summed E-state index contributed by atoms with van der Waals surface area (Å²) in [6.07, 6.45) is 2.17. The minimum Gasteiger partial charge on any atom is -0.489 e. The summed E-state index contributed by atoms with van der Waals surface area (Å²) in [7, 11) is 1.44. The molecule has 0 saturated carbocycles. The van der Waals surface area contributed by atoms with Crippen LogP contribution in [-0.4, -0.2) is 29.4 Å². The number of fused-ring (bicyclic) bond motifs is 1. The molecule has 2 aliphatic rings. The number of carbonyl (C=O) groups is 1. The first kappa shape index (κ1) is 20.4. The predicted molar refractivity (Wildman–Crippen MR) is 105 cm³/mol. The van der Waals surface area contributed by atoms with Gasteiger partial charge < -0.3 is 14.4 Å². The zero-order chi connectivity index (χ0) is 19.6. The first-order chi connectivity index (χ1) is 12.2. The molecule has 0 aromatic rings. The van der Waals surface area contributed by atoms with E-state index in [-0.39, 0.29) is 16.1 Å². The van der Waals surface area contributed by atoms with Crippen molar-refractivity contribution in [3.05, 3.63) is 32.5 Å². The summed E-state index contributed by atoms with van der Waals surface area (Å²) in [5.41, 5.74) is 0.371. The maximum absolute atomic E-state index is 12.6. The molecule has 1 N–H and O–H groups in total. The van der Waals surface area contributed by atoms with Crippen LogP contribution in [0, 0.1) is 0 Å². The van der Waals surface area contributed by atoms with E-state index >= 15 is 0 Å². The highest BCUT2D eigenvalue weighted by molar-refractivity contribution is 6.42. The second-order valence-corrected chi connectivity index (χ2v) is 7.07. The molecule has 0 fully saturated rings. The monoisotopic (exact) mass is 400 g/mol. The molecule has 1 heterocycles. The van der Waals surface area contributed by atoms with Crippen LogP contribution in [0.4, 0.5) is 10.6 Å². The fourth-order valence-electron chi connectivity index (χ4n) is 2.64. The van der Waals surface area contributed by atoms with Crippen molar-refractivity contribution in [2.75, 3.05) is 18.6 Å². The molecule has 1 aliphatic carbocycles. The second-order valence-electron chi connectivity index (χ2n) is 6.29. The van der Waals surface area contributed by atoms with Crippen LogP contribution in [-0.2, 0) is 0 Å². The Labute approximate surface area is 162 Å². The SMILES string of the molecule is CCCCOc1c2cc(Cl)c(Cl)c(=O)c-2cn(C(C)C)c1N(C)C(=O)O. The fourth-order valence-corrected chi connectivity index (χ4v) is 2.99. The number of amides is 1. The van der Waals surface area contributed by atoms with Gasteiger partial charge in [0.05, 0.1) is 17.2 Å². The summed E-state index contributed by atoms with van der Waals surface area (Å²) >= 11 is 12.1. The molecule has 1 aliphatic heterocycles. The van der Waals surface area contributed by atoms with E-state index in [1.807, 2.05) is 20.8 Å². The molecule has 0 radical (unpaired) electrons. The van der Waals surface area contributed by atoms with E-state index in [1.165, 1.54) is 7.05 Å². The number of ether oxygens (including phenoxy) is 1. The highest BCUT2D eigenvalue weighted by Crippen LogP contribution is 2.42. The number of aromatic nitrogens is 1. The molecule has 0 aromatic carbocycles. The van der Waals surface area contributed by atoms with Gasteiger partial charge in [-0.1, -0.05) is 36.5 Å². The summed E-state index contributed by atoms with van der Waals surface area (Å²) in [5, 5.41) is 9.56. The topological polar surface area (TPSA) is 71.8 Å². The molecule has 0 aromatic heterocycles. The molecule has 0 unspecified atom stereocenters. The molecule has 0 saturated heterocycles. The van der Waals surface area contributed by atoms with Gasteiger partial charge in [-0.3, -0.25) is 9.69 Å². The highest BCUT2D eigenvalue weighted by Gasteiger charge is 2.28. The number of halogens is 2. The molecule has 8 heteroatoms. The fraction of sp³-hybridized carbons (Fsp3) is 0.444. The first-order valence-corrected chi connectivity index (χ1v) is 9.12. The Kier molecular flexibility index (Phi) is 6.42. The van der Waals surface area contributed by atoms with Gasteiger partial charge in [0.15, 0.2) is 11.6 Å². The predicted octanol–water partition coefficient (Wildman–Crippen LogP) is 5.13. The summed E-state index contributed by atoms with van der Waals surface area (Å²) in [6, 6.07) is 1.43. The summed E-state index contributed by atoms with van der Waals surface area (Å²) in [4.78, 5) is 25.3. The number of carboxylic acid groups (broad SMARTS) is 1. The van der Waals surface area contributed by atoms with E-state index in [2.05, 4.69) is 0 Å². The van der Waals surface area contributed by atoms with Crippen LogP contribution in [0.1, 0.15) is 39.7 Å². The van der Waals surface area contributed by atoms with E-state index in [0.29, 0.717) is 29.3 Å². The molecule has 0 atom stereocenters. The third-order valence-electron chi connectivity index (χ3n) is 4.08. The largest absolute Gasteiger partial charge is 0.489 e. The number of hydrogen-bond acceptors (Lipinski definition) is 3. The van der Waals surface area contributed by atoms with Crippen molar-refractivity contribution in [2.45, 2.75) is 39.7 Å². The van der Waals surface area contributed by atoms with Gasteiger partial charge in [-0.2, -0.15) is 0 Å². The molecule has 0 bridgehead atoms. The van der Waals surface area contributed by atoms with Crippen molar-refractivity contribution >= 4 is 35.1 Å². The van der Waals surface area contributed by atoms with Crippen molar-refractivity contribution < 1.29 is 14.6 Å². The van der Waals surface area contributed by atoms with Gasteiger partial charge in [0.2, 0.25) is 5.43 Å². The van der Waals surface area contributed by atoms with Gasteiger partial charge in [0.1, 0.15) is 5.02 Å². The number of hydrogen-bond donors (Lipinski definition) is 1. The highest BCUT2D eigenvalue weighted by atomic mass is 35.5. The number of rotatable bonds is 6. The normalized spacial score (nSPS) is 11.2. The van der Waals surface area contributed by atoms with Crippen LogP contribution in [0.25, 0.3) is 11.1 Å². The second kappa shape index (κ2) is 8.18. The van der Waals surface area contributed by atoms with E-state index < -0.39 is 11.5 Å². The van der Waals surface area contributed by atoms with Crippen molar-refractivity contribution in [3.8, 4) is 16.9 Å². The first-order valence-electron chi connectivity index (χ1n) is 8.36. The zero-order valence-corrected chi connectivity index (χ0v) is 16.7. The zero-order valence-electron chi connectivity index (χ0n) is 15.2. The molecule has 26 heavy (non-hydrogen) atoms. The molecular weight excluding hydrogens is 379 g/mol. The maximum Gasteiger partial charge on any atom is 0.412 e. The number of nitrogens with zero attached hydrogens (tertiary/aromatic N) is 2. The van der Waals surface area contributed by atoms with Crippen LogP contribution >= 0.6 is 23.2 Å². The van der Waals surface area contributed by atoms with Gasteiger partial charge in [-0.05, 0) is 26.3 Å². The Morgan fingerprint density at radius 2 is 2.00 bits per heavy atom. The van der Waals surface area contributed by atoms with Crippen molar-refractivity contribution in [3.63, 3.8) is 0 Å². The lowest BCUT2D eigenvalue weighted by Crippen LogP contribution is -2.30. The summed E-state index contributed by atoms with van der Waals surface area (Å²) < 4.78 is 7.63. The van der Waals surface area contributed by atoms with E-state index in [4.69, 9.17) is 27.9 Å². The van der Waals surface area contributed by atoms with Crippen LogP contribution in [0.3, 0.4) is 0 Å².